The van der Waals surface area contributed by atoms with Crippen LogP contribution < -0.4 is 10.1 Å². The third kappa shape index (κ3) is 2.95. The summed E-state index contributed by atoms with van der Waals surface area (Å²) in [6.07, 6.45) is 7.05. The predicted molar refractivity (Wildman–Crippen MR) is 85.9 cm³/mol. The lowest BCUT2D eigenvalue weighted by Gasteiger charge is -2.45. The highest BCUT2D eigenvalue weighted by molar-refractivity contribution is 5.98. The van der Waals surface area contributed by atoms with E-state index in [2.05, 4.69) is 21.4 Å². The van der Waals surface area contributed by atoms with E-state index in [1.54, 1.807) is 19.5 Å². The van der Waals surface area contributed by atoms with Crippen molar-refractivity contribution < 1.29 is 14.3 Å². The lowest BCUT2D eigenvalue weighted by molar-refractivity contribution is -0.162. The molecule has 6 nitrogen and oxygen atoms in total. The molecule has 0 aromatic carbocycles. The molecule has 1 N–H and O–H groups in total. The van der Waals surface area contributed by atoms with Crippen molar-refractivity contribution in [3.8, 4) is 5.88 Å². The number of rotatable bonds is 3. The second kappa shape index (κ2) is 5.60. The Hall–Kier alpha value is -1.95. The minimum Gasteiger partial charge on any atom is -0.480 e. The first-order chi connectivity index (χ1) is 10.8. The second-order valence-corrected chi connectivity index (χ2v) is 7.11. The van der Waals surface area contributed by atoms with E-state index in [1.807, 2.05) is 20.8 Å². The number of esters is 1. The number of carbonyl (C=O) groups excluding carboxylic acids is 1. The standard InChI is InChI=1S/C17H23N3O3/c1-16(2,3)23-15(21)17-6-5-11(8-20-17)7-12(17)13-9-19-14(22-4)10-18-13/h7,9-11,20H,5-6,8H2,1-4H3. The average Bonchev–Trinajstić information content (AvgIpc) is 2.54. The third-order valence-electron chi connectivity index (χ3n) is 4.28. The zero-order chi connectivity index (χ0) is 16.7. The van der Waals surface area contributed by atoms with E-state index in [9.17, 15) is 4.79 Å². The van der Waals surface area contributed by atoms with Gasteiger partial charge in [0.2, 0.25) is 5.88 Å². The summed E-state index contributed by atoms with van der Waals surface area (Å²) in [6.45, 7) is 6.43. The Bertz CT molecular complexity index is 623. The smallest absolute Gasteiger partial charge is 0.331 e. The molecule has 1 aromatic rings. The first-order valence-corrected chi connectivity index (χ1v) is 7.91. The highest BCUT2D eigenvalue weighted by Gasteiger charge is 2.51. The SMILES string of the molecule is COc1cnc(C2=CC3CCC2(C(=O)OC(C)(C)C)NC3)cn1. The van der Waals surface area contributed by atoms with Crippen molar-refractivity contribution in [2.24, 2.45) is 5.92 Å². The minimum atomic E-state index is -0.828. The molecule has 0 saturated carbocycles. The van der Waals surface area contributed by atoms with Crippen LogP contribution in [-0.4, -0.2) is 40.7 Å². The van der Waals surface area contributed by atoms with Gasteiger partial charge in [-0.15, -0.1) is 0 Å². The van der Waals surface area contributed by atoms with Crippen LogP contribution in [0, 0.1) is 5.92 Å². The van der Waals surface area contributed by atoms with Gasteiger partial charge in [-0.1, -0.05) is 6.08 Å². The van der Waals surface area contributed by atoms with Gasteiger partial charge in [0.1, 0.15) is 11.1 Å². The first-order valence-electron chi connectivity index (χ1n) is 7.91. The lowest BCUT2D eigenvalue weighted by atomic mass is 9.71. The number of nitrogens with zero attached hydrogens (tertiary/aromatic N) is 2. The number of ether oxygens (including phenoxy) is 2. The maximum Gasteiger partial charge on any atom is 0.331 e. The number of fused-ring (bicyclic) bond motifs is 2. The van der Waals surface area contributed by atoms with Gasteiger partial charge < -0.3 is 9.47 Å². The van der Waals surface area contributed by atoms with E-state index >= 15 is 0 Å². The molecule has 3 heterocycles. The van der Waals surface area contributed by atoms with Crippen LogP contribution in [0.3, 0.4) is 0 Å². The largest absolute Gasteiger partial charge is 0.480 e. The zero-order valence-electron chi connectivity index (χ0n) is 14.0. The van der Waals surface area contributed by atoms with Crippen LogP contribution in [0.25, 0.3) is 5.57 Å². The van der Waals surface area contributed by atoms with Crippen LogP contribution in [0.2, 0.25) is 0 Å². The van der Waals surface area contributed by atoms with Crippen molar-refractivity contribution in [2.75, 3.05) is 13.7 Å². The normalized spacial score (nSPS) is 26.6. The summed E-state index contributed by atoms with van der Waals surface area (Å²) in [5.74, 6) is 0.625. The summed E-state index contributed by atoms with van der Waals surface area (Å²) < 4.78 is 10.7. The van der Waals surface area contributed by atoms with Crippen molar-refractivity contribution in [2.45, 2.75) is 44.8 Å². The molecule has 0 spiro atoms. The molecule has 23 heavy (non-hydrogen) atoms. The Morgan fingerprint density at radius 3 is 2.65 bits per heavy atom. The number of hydrogen-bond acceptors (Lipinski definition) is 6. The fourth-order valence-electron chi connectivity index (χ4n) is 3.16. The van der Waals surface area contributed by atoms with Crippen molar-refractivity contribution in [3.05, 3.63) is 24.2 Å². The summed E-state index contributed by atoms with van der Waals surface area (Å²) in [5.41, 5.74) is 0.196. The molecule has 1 fully saturated rings. The van der Waals surface area contributed by atoms with Crippen LogP contribution in [0.1, 0.15) is 39.3 Å². The topological polar surface area (TPSA) is 73.3 Å². The molecule has 1 aromatic heterocycles. The Kier molecular flexibility index (Phi) is 3.88. The Morgan fingerprint density at radius 1 is 1.35 bits per heavy atom. The Labute approximate surface area is 136 Å². The van der Waals surface area contributed by atoms with Gasteiger partial charge >= 0.3 is 5.97 Å². The molecule has 1 saturated heterocycles. The maximum atomic E-state index is 12.9. The average molecular weight is 317 g/mol. The molecular weight excluding hydrogens is 294 g/mol. The van der Waals surface area contributed by atoms with Crippen LogP contribution in [0.5, 0.6) is 5.88 Å². The molecule has 2 unspecified atom stereocenters. The minimum absolute atomic E-state index is 0.244. The van der Waals surface area contributed by atoms with Gasteiger partial charge in [-0.05, 0) is 39.5 Å². The summed E-state index contributed by atoms with van der Waals surface area (Å²) in [7, 11) is 1.55. The number of hydrogen-bond donors (Lipinski definition) is 1. The number of methoxy groups -OCH3 is 1. The van der Waals surface area contributed by atoms with Crippen molar-refractivity contribution in [1.29, 1.82) is 0 Å². The number of aromatic nitrogens is 2. The van der Waals surface area contributed by atoms with Crippen LogP contribution in [0.4, 0.5) is 0 Å². The fourth-order valence-corrected chi connectivity index (χ4v) is 3.16. The van der Waals surface area contributed by atoms with Crippen molar-refractivity contribution in [1.82, 2.24) is 15.3 Å². The van der Waals surface area contributed by atoms with Gasteiger partial charge in [0, 0.05) is 12.1 Å². The monoisotopic (exact) mass is 317 g/mol. The van der Waals surface area contributed by atoms with E-state index in [0.717, 1.165) is 18.5 Å². The van der Waals surface area contributed by atoms with Crippen LogP contribution in [0.15, 0.2) is 18.5 Å². The third-order valence-corrected chi connectivity index (χ3v) is 4.28. The Morgan fingerprint density at radius 2 is 2.13 bits per heavy atom. The van der Waals surface area contributed by atoms with E-state index in [4.69, 9.17) is 9.47 Å². The summed E-state index contributed by atoms with van der Waals surface area (Å²) in [5, 5.41) is 3.39. The highest BCUT2D eigenvalue weighted by atomic mass is 16.6. The number of carbonyl (C=O) groups is 1. The molecular formula is C17H23N3O3. The second-order valence-electron chi connectivity index (χ2n) is 7.11. The van der Waals surface area contributed by atoms with E-state index < -0.39 is 11.1 Å². The first kappa shape index (κ1) is 15.9. The van der Waals surface area contributed by atoms with Crippen molar-refractivity contribution in [3.63, 3.8) is 0 Å². The summed E-state index contributed by atoms with van der Waals surface area (Å²) in [4.78, 5) is 21.5. The van der Waals surface area contributed by atoms with Gasteiger partial charge in [0.15, 0.2) is 0 Å². The van der Waals surface area contributed by atoms with Crippen molar-refractivity contribution >= 4 is 11.5 Å². The molecule has 3 aliphatic rings. The van der Waals surface area contributed by atoms with E-state index in [-0.39, 0.29) is 5.97 Å². The molecule has 2 bridgehead atoms. The molecule has 4 rings (SSSR count). The molecule has 2 atom stereocenters. The molecule has 124 valence electrons. The number of piperidine rings is 1. The fraction of sp³-hybridized carbons (Fsp3) is 0.588. The number of nitrogens with one attached hydrogen (secondary N) is 1. The lowest BCUT2D eigenvalue weighted by Crippen LogP contribution is -2.61. The molecule has 2 aliphatic heterocycles. The van der Waals surface area contributed by atoms with Crippen LogP contribution in [-0.2, 0) is 9.53 Å². The van der Waals surface area contributed by atoms with Gasteiger partial charge in [-0.25, -0.2) is 14.8 Å². The summed E-state index contributed by atoms with van der Waals surface area (Å²) >= 11 is 0. The maximum absolute atomic E-state index is 12.9. The van der Waals surface area contributed by atoms with E-state index in [0.29, 0.717) is 23.9 Å². The predicted octanol–water partition coefficient (Wildman–Crippen LogP) is 1.96. The molecule has 0 radical (unpaired) electrons. The molecule has 0 amide bonds. The van der Waals surface area contributed by atoms with Gasteiger partial charge in [0.05, 0.1) is 25.2 Å². The molecule has 6 heteroatoms. The quantitative estimate of drug-likeness (QED) is 0.859. The van der Waals surface area contributed by atoms with E-state index in [1.165, 1.54) is 0 Å². The van der Waals surface area contributed by atoms with Crippen LogP contribution >= 0.6 is 0 Å². The summed E-state index contributed by atoms with van der Waals surface area (Å²) in [6, 6.07) is 0. The van der Waals surface area contributed by atoms with Gasteiger partial charge in [0.25, 0.3) is 0 Å². The Balaban J connectivity index is 1.98. The van der Waals surface area contributed by atoms with Gasteiger partial charge in [-0.3, -0.25) is 5.32 Å². The molecule has 1 aliphatic carbocycles. The van der Waals surface area contributed by atoms with Gasteiger partial charge in [-0.2, -0.15) is 0 Å². The highest BCUT2D eigenvalue weighted by Crippen LogP contribution is 2.42. The zero-order valence-corrected chi connectivity index (χ0v) is 14.0.